The standard InChI is InChI=1S/C30H40N4O4S/c1-6-32(7-2)20-11-13-21(14-12-20)33-17-9-15-30-25(24-23(39-30)10-8-16-31(5)27(24)36)28(37)34(26(30)29(33)38)22(18-35)19(3)4/h8-15,19,22-26,35H,6-7,16-18H2,1-5H3/t22-,23-,24+,25-,26?,30-/m0/s1. The Morgan fingerprint density at radius 1 is 1.03 bits per heavy atom. The van der Waals surface area contributed by atoms with Gasteiger partial charge in [-0.3, -0.25) is 14.4 Å². The summed E-state index contributed by atoms with van der Waals surface area (Å²) in [5, 5.41) is 10.2. The second-order valence-corrected chi connectivity index (χ2v) is 12.8. The second kappa shape index (κ2) is 10.7. The summed E-state index contributed by atoms with van der Waals surface area (Å²) in [6.45, 7) is 10.6. The van der Waals surface area contributed by atoms with Crippen LogP contribution in [0.15, 0.2) is 48.6 Å². The molecule has 0 aliphatic carbocycles. The quantitative estimate of drug-likeness (QED) is 0.524. The molecule has 2 fully saturated rings. The van der Waals surface area contributed by atoms with Crippen LogP contribution in [0.2, 0.25) is 0 Å². The minimum Gasteiger partial charge on any atom is -0.394 e. The lowest BCUT2D eigenvalue weighted by Crippen LogP contribution is -2.57. The molecule has 6 atom stereocenters. The zero-order chi connectivity index (χ0) is 28.1. The van der Waals surface area contributed by atoms with Crippen molar-refractivity contribution in [2.75, 3.05) is 49.6 Å². The Hall–Kier alpha value is -2.78. The molecule has 1 N–H and O–H groups in total. The monoisotopic (exact) mass is 552 g/mol. The number of fused-ring (bicyclic) bond motifs is 2. The lowest BCUT2D eigenvalue weighted by atomic mass is 9.78. The average molecular weight is 553 g/mol. The Kier molecular flexibility index (Phi) is 7.59. The van der Waals surface area contributed by atoms with E-state index in [1.807, 2.05) is 62.4 Å². The van der Waals surface area contributed by atoms with Crippen molar-refractivity contribution in [3.05, 3.63) is 48.6 Å². The van der Waals surface area contributed by atoms with Crippen molar-refractivity contribution in [1.29, 1.82) is 0 Å². The number of likely N-dealkylation sites (tertiary alicyclic amines) is 1. The molecule has 1 aromatic carbocycles. The zero-order valence-electron chi connectivity index (χ0n) is 23.5. The molecule has 8 nitrogen and oxygen atoms in total. The van der Waals surface area contributed by atoms with Crippen molar-refractivity contribution in [3.63, 3.8) is 0 Å². The van der Waals surface area contributed by atoms with E-state index >= 15 is 0 Å². The molecule has 4 aliphatic rings. The van der Waals surface area contributed by atoms with Gasteiger partial charge in [-0.05, 0) is 44.0 Å². The number of anilines is 2. The third-order valence-electron chi connectivity index (χ3n) is 8.90. The number of carbonyl (C=O) groups is 3. The minimum absolute atomic E-state index is 0.0626. The van der Waals surface area contributed by atoms with Crippen molar-refractivity contribution in [1.82, 2.24) is 9.80 Å². The van der Waals surface area contributed by atoms with Crippen LogP contribution in [0.1, 0.15) is 27.7 Å². The maximum absolute atomic E-state index is 14.6. The molecule has 39 heavy (non-hydrogen) atoms. The molecule has 1 aromatic rings. The van der Waals surface area contributed by atoms with Crippen LogP contribution < -0.4 is 9.80 Å². The van der Waals surface area contributed by atoms with Crippen molar-refractivity contribution < 1.29 is 19.5 Å². The van der Waals surface area contributed by atoms with E-state index < -0.39 is 28.7 Å². The van der Waals surface area contributed by atoms with Crippen LogP contribution in [0.4, 0.5) is 11.4 Å². The number of nitrogens with zero attached hydrogens (tertiary/aromatic N) is 4. The molecular formula is C30H40N4O4S. The Bertz CT molecular complexity index is 1180. The molecule has 1 unspecified atom stereocenters. The minimum atomic E-state index is -0.889. The van der Waals surface area contributed by atoms with Gasteiger partial charge in [0.2, 0.25) is 11.8 Å². The van der Waals surface area contributed by atoms with Gasteiger partial charge in [-0.25, -0.2) is 0 Å². The van der Waals surface area contributed by atoms with E-state index in [1.165, 1.54) is 0 Å². The smallest absolute Gasteiger partial charge is 0.251 e. The molecule has 0 radical (unpaired) electrons. The van der Waals surface area contributed by atoms with Gasteiger partial charge in [0.05, 0.1) is 29.2 Å². The first-order valence-electron chi connectivity index (χ1n) is 14.1. The number of hydrogen-bond donors (Lipinski definition) is 1. The fourth-order valence-corrected chi connectivity index (χ4v) is 8.84. The van der Waals surface area contributed by atoms with E-state index in [9.17, 15) is 19.5 Å². The molecular weight excluding hydrogens is 512 g/mol. The van der Waals surface area contributed by atoms with Crippen molar-refractivity contribution in [2.24, 2.45) is 17.8 Å². The molecule has 210 valence electrons. The number of amides is 3. The zero-order valence-corrected chi connectivity index (χ0v) is 24.3. The molecule has 9 heteroatoms. The summed E-state index contributed by atoms with van der Waals surface area (Å²) in [6, 6.07) is 6.66. The van der Waals surface area contributed by atoms with E-state index in [0.717, 1.165) is 24.5 Å². The van der Waals surface area contributed by atoms with Gasteiger partial charge in [-0.1, -0.05) is 38.2 Å². The third-order valence-corrected chi connectivity index (χ3v) is 10.6. The van der Waals surface area contributed by atoms with Gasteiger partial charge in [0.15, 0.2) is 0 Å². The molecule has 4 heterocycles. The van der Waals surface area contributed by atoms with Crippen LogP contribution >= 0.6 is 11.8 Å². The highest BCUT2D eigenvalue weighted by Gasteiger charge is 2.71. The number of benzene rings is 1. The van der Waals surface area contributed by atoms with E-state index in [2.05, 4.69) is 18.7 Å². The maximum atomic E-state index is 14.6. The largest absolute Gasteiger partial charge is 0.394 e. The molecule has 2 saturated heterocycles. The lowest BCUT2D eigenvalue weighted by Gasteiger charge is -2.39. The number of thioether (sulfide) groups is 1. The van der Waals surface area contributed by atoms with E-state index in [4.69, 9.17) is 0 Å². The van der Waals surface area contributed by atoms with Gasteiger partial charge in [0.25, 0.3) is 5.91 Å². The Morgan fingerprint density at radius 3 is 2.33 bits per heavy atom. The summed E-state index contributed by atoms with van der Waals surface area (Å²) in [5.74, 6) is -1.73. The van der Waals surface area contributed by atoms with Gasteiger partial charge in [-0.2, -0.15) is 0 Å². The first kappa shape index (κ1) is 27.8. The van der Waals surface area contributed by atoms with Gasteiger partial charge < -0.3 is 24.7 Å². The summed E-state index contributed by atoms with van der Waals surface area (Å²) in [5.41, 5.74) is 1.86. The molecule has 1 spiro atoms. The molecule has 0 bridgehead atoms. The Balaban J connectivity index is 1.60. The van der Waals surface area contributed by atoms with Crippen LogP contribution in [0.5, 0.6) is 0 Å². The first-order chi connectivity index (χ1) is 18.7. The molecule has 0 saturated carbocycles. The predicted octanol–water partition coefficient (Wildman–Crippen LogP) is 2.78. The summed E-state index contributed by atoms with van der Waals surface area (Å²) in [7, 11) is 1.77. The number of rotatable bonds is 7. The fourth-order valence-electron chi connectivity index (χ4n) is 6.84. The maximum Gasteiger partial charge on any atom is 0.251 e. The van der Waals surface area contributed by atoms with Crippen LogP contribution in [0.25, 0.3) is 0 Å². The fraction of sp³-hybridized carbons (Fsp3) is 0.567. The van der Waals surface area contributed by atoms with Crippen molar-refractivity contribution >= 4 is 40.9 Å². The predicted molar refractivity (Wildman–Crippen MR) is 156 cm³/mol. The average Bonchev–Trinajstić information content (AvgIpc) is 3.24. The summed E-state index contributed by atoms with van der Waals surface area (Å²) in [4.78, 5) is 49.8. The number of aliphatic hydroxyl groups excluding tert-OH is 1. The summed E-state index contributed by atoms with van der Waals surface area (Å²) >= 11 is 1.57. The SMILES string of the molecule is CCN(CC)c1ccc(N2CC=C[C@]34S[C@H]5C=CCN(C)C(=O)[C@H]5[C@H]3C(=O)N([C@@H](CO)C(C)C)C4C2=O)cc1. The third kappa shape index (κ3) is 4.29. The van der Waals surface area contributed by atoms with E-state index in [0.29, 0.717) is 13.1 Å². The van der Waals surface area contributed by atoms with Crippen LogP contribution in [0.3, 0.4) is 0 Å². The van der Waals surface area contributed by atoms with E-state index in [-0.39, 0.29) is 35.5 Å². The lowest BCUT2D eigenvalue weighted by molar-refractivity contribution is -0.144. The van der Waals surface area contributed by atoms with Crippen LogP contribution in [-0.2, 0) is 14.4 Å². The summed E-state index contributed by atoms with van der Waals surface area (Å²) in [6.07, 6.45) is 8.04. The Morgan fingerprint density at radius 2 is 1.72 bits per heavy atom. The normalized spacial score (nSPS) is 30.8. The van der Waals surface area contributed by atoms with Crippen molar-refractivity contribution in [3.8, 4) is 0 Å². The molecule has 0 aromatic heterocycles. The number of hydrogen-bond acceptors (Lipinski definition) is 6. The summed E-state index contributed by atoms with van der Waals surface area (Å²) < 4.78 is -0.889. The number of carbonyl (C=O) groups excluding carboxylic acids is 3. The van der Waals surface area contributed by atoms with Gasteiger partial charge in [0.1, 0.15) is 6.04 Å². The molecule has 4 aliphatic heterocycles. The van der Waals surface area contributed by atoms with Gasteiger partial charge in [0, 0.05) is 49.9 Å². The topological polar surface area (TPSA) is 84.4 Å². The highest BCUT2D eigenvalue weighted by atomic mass is 32.2. The van der Waals surface area contributed by atoms with E-state index in [1.54, 1.807) is 33.5 Å². The highest BCUT2D eigenvalue weighted by molar-refractivity contribution is 8.02. The van der Waals surface area contributed by atoms with Crippen LogP contribution in [0, 0.1) is 17.8 Å². The number of aliphatic hydroxyl groups is 1. The van der Waals surface area contributed by atoms with Gasteiger partial charge in [-0.15, -0.1) is 11.8 Å². The van der Waals surface area contributed by atoms with Gasteiger partial charge >= 0.3 is 0 Å². The van der Waals surface area contributed by atoms with Crippen molar-refractivity contribution in [2.45, 2.75) is 49.8 Å². The number of likely N-dealkylation sites (N-methyl/N-ethyl adjacent to an activating group) is 1. The molecule has 5 rings (SSSR count). The van der Waals surface area contributed by atoms with Crippen LogP contribution in [-0.4, -0.2) is 94.5 Å². The first-order valence-corrected chi connectivity index (χ1v) is 14.9. The Labute approximate surface area is 235 Å². The highest BCUT2D eigenvalue weighted by Crippen LogP contribution is 2.61. The second-order valence-electron chi connectivity index (χ2n) is 11.3. The molecule has 3 amide bonds.